The molecule has 0 aliphatic carbocycles. The molecule has 0 aromatic heterocycles. The van der Waals surface area contributed by atoms with E-state index in [1.807, 2.05) is 18.2 Å². The summed E-state index contributed by atoms with van der Waals surface area (Å²) in [6.45, 7) is 2.69. The van der Waals surface area contributed by atoms with Gasteiger partial charge in [-0.2, -0.15) is 0 Å². The topological polar surface area (TPSA) is 89.7 Å². The maximum atomic E-state index is 12.6. The van der Waals surface area contributed by atoms with Crippen molar-refractivity contribution in [3.63, 3.8) is 0 Å². The second kappa shape index (κ2) is 7.39. The molecule has 3 rings (SSSR count). The van der Waals surface area contributed by atoms with Crippen LogP contribution in [0.2, 0.25) is 0 Å². The van der Waals surface area contributed by atoms with Gasteiger partial charge >= 0.3 is 5.97 Å². The third-order valence-corrected chi connectivity index (χ3v) is 4.48. The minimum atomic E-state index is -0.886. The number of fused-ring (bicyclic) bond motifs is 1. The molecule has 0 bridgehead atoms. The highest BCUT2D eigenvalue weighted by Crippen LogP contribution is 2.19. The van der Waals surface area contributed by atoms with Crippen molar-refractivity contribution in [3.05, 3.63) is 70.8 Å². The highest BCUT2D eigenvalue weighted by atomic mass is 16.5. The molecule has 6 nitrogen and oxygen atoms in total. The quantitative estimate of drug-likeness (QED) is 0.851. The molecule has 1 aliphatic rings. The largest absolute Gasteiger partial charge is 0.449 e. The average Bonchev–Trinajstić information content (AvgIpc) is 2.67. The Morgan fingerprint density at radius 2 is 1.62 bits per heavy atom. The van der Waals surface area contributed by atoms with Crippen molar-refractivity contribution >= 4 is 17.8 Å². The Kier molecular flexibility index (Phi) is 5.02. The van der Waals surface area contributed by atoms with Gasteiger partial charge in [0.15, 0.2) is 6.10 Å². The lowest BCUT2D eigenvalue weighted by molar-refractivity contribution is -0.140. The van der Waals surface area contributed by atoms with Gasteiger partial charge in [0.25, 0.3) is 5.91 Å². The normalized spacial score (nSPS) is 14.3. The molecular weight excluding hydrogens is 332 g/mol. The zero-order valence-corrected chi connectivity index (χ0v) is 14.5. The van der Waals surface area contributed by atoms with Crippen molar-refractivity contribution in [1.29, 1.82) is 0 Å². The van der Waals surface area contributed by atoms with Crippen LogP contribution in [0.25, 0.3) is 0 Å². The number of primary amides is 1. The van der Waals surface area contributed by atoms with Crippen LogP contribution in [0.5, 0.6) is 0 Å². The summed E-state index contributed by atoms with van der Waals surface area (Å²) in [4.78, 5) is 37.6. The van der Waals surface area contributed by atoms with Gasteiger partial charge in [-0.05, 0) is 48.7 Å². The average molecular weight is 352 g/mol. The molecule has 0 unspecified atom stereocenters. The first-order valence-electron chi connectivity index (χ1n) is 8.42. The van der Waals surface area contributed by atoms with E-state index in [0.29, 0.717) is 18.7 Å². The Balaban J connectivity index is 1.62. The van der Waals surface area contributed by atoms with Crippen LogP contribution in [0, 0.1) is 0 Å². The summed E-state index contributed by atoms with van der Waals surface area (Å²) in [6.07, 6.45) is -0.0967. The molecule has 0 saturated carbocycles. The van der Waals surface area contributed by atoms with E-state index in [1.54, 1.807) is 11.8 Å². The SMILES string of the molecule is C[C@H](OC(=O)c1ccc(C(N)=O)cc1)C(=O)N1CCc2ccccc2C1. The molecule has 1 heterocycles. The number of rotatable bonds is 4. The number of hydrogen-bond acceptors (Lipinski definition) is 4. The first-order valence-corrected chi connectivity index (χ1v) is 8.42. The van der Waals surface area contributed by atoms with Crippen molar-refractivity contribution in [3.8, 4) is 0 Å². The highest BCUT2D eigenvalue weighted by Gasteiger charge is 2.27. The Morgan fingerprint density at radius 1 is 1.00 bits per heavy atom. The number of esters is 1. The van der Waals surface area contributed by atoms with Crippen LogP contribution in [0.4, 0.5) is 0 Å². The maximum Gasteiger partial charge on any atom is 0.338 e. The minimum absolute atomic E-state index is 0.221. The third-order valence-electron chi connectivity index (χ3n) is 4.48. The highest BCUT2D eigenvalue weighted by molar-refractivity contribution is 5.96. The molecule has 0 fully saturated rings. The number of benzene rings is 2. The van der Waals surface area contributed by atoms with Crippen molar-refractivity contribution in [2.75, 3.05) is 6.54 Å². The molecule has 134 valence electrons. The third kappa shape index (κ3) is 3.74. The van der Waals surface area contributed by atoms with Crippen molar-refractivity contribution < 1.29 is 19.1 Å². The molecular formula is C20H20N2O4. The molecule has 0 saturated heterocycles. The molecule has 1 atom stereocenters. The Labute approximate surface area is 151 Å². The number of carbonyl (C=O) groups is 3. The minimum Gasteiger partial charge on any atom is -0.449 e. The smallest absolute Gasteiger partial charge is 0.338 e. The van der Waals surface area contributed by atoms with Crippen LogP contribution < -0.4 is 5.73 Å². The van der Waals surface area contributed by atoms with E-state index in [1.165, 1.54) is 29.8 Å². The molecule has 6 heteroatoms. The summed E-state index contributed by atoms with van der Waals surface area (Å²) < 4.78 is 5.29. The first-order chi connectivity index (χ1) is 12.5. The molecule has 2 aromatic rings. The zero-order valence-electron chi connectivity index (χ0n) is 14.5. The molecule has 26 heavy (non-hydrogen) atoms. The lowest BCUT2D eigenvalue weighted by Gasteiger charge is -2.30. The van der Waals surface area contributed by atoms with Gasteiger partial charge in [0.05, 0.1) is 5.56 Å². The molecule has 2 aromatic carbocycles. The van der Waals surface area contributed by atoms with Crippen molar-refractivity contribution in [1.82, 2.24) is 4.90 Å². The van der Waals surface area contributed by atoms with Crippen LogP contribution in [0.1, 0.15) is 38.8 Å². The van der Waals surface area contributed by atoms with Gasteiger partial charge in [0.2, 0.25) is 5.91 Å². The van der Waals surface area contributed by atoms with E-state index in [0.717, 1.165) is 12.0 Å². The molecule has 2 amide bonds. The number of hydrogen-bond donors (Lipinski definition) is 1. The number of carbonyl (C=O) groups excluding carboxylic acids is 3. The number of nitrogens with two attached hydrogens (primary N) is 1. The van der Waals surface area contributed by atoms with Gasteiger partial charge in [-0.3, -0.25) is 9.59 Å². The van der Waals surface area contributed by atoms with Crippen LogP contribution in [0.3, 0.4) is 0 Å². The monoisotopic (exact) mass is 352 g/mol. The number of ether oxygens (including phenoxy) is 1. The lowest BCUT2D eigenvalue weighted by Crippen LogP contribution is -2.42. The van der Waals surface area contributed by atoms with Crippen molar-refractivity contribution in [2.24, 2.45) is 5.73 Å². The molecule has 0 spiro atoms. The van der Waals surface area contributed by atoms with Gasteiger partial charge in [-0.1, -0.05) is 24.3 Å². The van der Waals surface area contributed by atoms with Crippen LogP contribution in [-0.2, 0) is 22.5 Å². The predicted octanol–water partition coefficient (Wildman–Crippen LogP) is 1.92. The molecule has 2 N–H and O–H groups in total. The summed E-state index contributed by atoms with van der Waals surface area (Å²) >= 11 is 0. The molecule has 1 aliphatic heterocycles. The fourth-order valence-corrected chi connectivity index (χ4v) is 2.99. The fraction of sp³-hybridized carbons (Fsp3) is 0.250. The van der Waals surface area contributed by atoms with Gasteiger partial charge < -0.3 is 15.4 Å². The molecule has 0 radical (unpaired) electrons. The summed E-state index contributed by atoms with van der Waals surface area (Å²) in [5.74, 6) is -1.40. The fourth-order valence-electron chi connectivity index (χ4n) is 2.99. The van der Waals surface area contributed by atoms with E-state index in [-0.39, 0.29) is 11.5 Å². The second-order valence-corrected chi connectivity index (χ2v) is 6.27. The summed E-state index contributed by atoms with van der Waals surface area (Å²) in [5.41, 5.74) is 8.10. The van der Waals surface area contributed by atoms with E-state index in [4.69, 9.17) is 10.5 Å². The number of amides is 2. The second-order valence-electron chi connectivity index (χ2n) is 6.27. The summed E-state index contributed by atoms with van der Waals surface area (Å²) in [5, 5.41) is 0. The van der Waals surface area contributed by atoms with E-state index in [9.17, 15) is 14.4 Å². The van der Waals surface area contributed by atoms with Crippen molar-refractivity contribution in [2.45, 2.75) is 26.0 Å². The summed E-state index contributed by atoms with van der Waals surface area (Å²) in [6, 6.07) is 13.8. The van der Waals surface area contributed by atoms with Crippen LogP contribution in [0.15, 0.2) is 48.5 Å². The van der Waals surface area contributed by atoms with E-state index >= 15 is 0 Å². The maximum absolute atomic E-state index is 12.6. The predicted molar refractivity (Wildman–Crippen MR) is 95.4 cm³/mol. The van der Waals surface area contributed by atoms with Gasteiger partial charge in [-0.15, -0.1) is 0 Å². The zero-order chi connectivity index (χ0) is 18.7. The Bertz CT molecular complexity index is 845. The number of nitrogens with zero attached hydrogens (tertiary/aromatic N) is 1. The lowest BCUT2D eigenvalue weighted by atomic mass is 9.99. The van der Waals surface area contributed by atoms with Gasteiger partial charge in [-0.25, -0.2) is 4.79 Å². The Hall–Kier alpha value is -3.15. The van der Waals surface area contributed by atoms with Gasteiger partial charge in [0.1, 0.15) is 0 Å². The van der Waals surface area contributed by atoms with Gasteiger partial charge in [0, 0.05) is 18.7 Å². The first kappa shape index (κ1) is 17.7. The van der Waals surface area contributed by atoms with Crippen LogP contribution >= 0.6 is 0 Å². The van der Waals surface area contributed by atoms with E-state index in [2.05, 4.69) is 6.07 Å². The summed E-state index contributed by atoms with van der Waals surface area (Å²) in [7, 11) is 0. The van der Waals surface area contributed by atoms with Crippen LogP contribution in [-0.4, -0.2) is 35.3 Å². The van der Waals surface area contributed by atoms with E-state index < -0.39 is 18.0 Å². The Morgan fingerprint density at radius 3 is 2.27 bits per heavy atom. The standard InChI is InChI=1S/C20H20N2O4/c1-13(26-20(25)16-8-6-15(7-9-16)18(21)23)19(24)22-11-10-14-4-2-3-5-17(14)12-22/h2-9,13H,10-12H2,1H3,(H2,21,23)/t13-/m0/s1.